The highest BCUT2D eigenvalue weighted by Crippen LogP contribution is 2.25. The Bertz CT molecular complexity index is 292. The molecule has 58 valence electrons. The highest BCUT2D eigenvalue weighted by molar-refractivity contribution is 5.32. The minimum Gasteiger partial charge on any atom is -0.207 e. The van der Waals surface area contributed by atoms with Gasteiger partial charge < -0.3 is 0 Å². The molecule has 0 bridgehead atoms. The van der Waals surface area contributed by atoms with E-state index in [4.69, 9.17) is 0 Å². The van der Waals surface area contributed by atoms with Crippen LogP contribution in [-0.2, 0) is 12.8 Å². The van der Waals surface area contributed by atoms with Crippen molar-refractivity contribution in [3.8, 4) is 0 Å². The Balaban J connectivity index is 2.60. The van der Waals surface area contributed by atoms with Gasteiger partial charge in [0.1, 0.15) is 11.6 Å². The lowest BCUT2D eigenvalue weighted by molar-refractivity contribution is 0.574. The number of fused-ring (bicyclic) bond motifs is 1. The second-order valence-electron chi connectivity index (χ2n) is 2.88. The molecule has 0 aromatic heterocycles. The molecule has 0 aliphatic heterocycles. The summed E-state index contributed by atoms with van der Waals surface area (Å²) < 4.78 is 25.5. The van der Waals surface area contributed by atoms with Crippen LogP contribution < -0.4 is 0 Å². The van der Waals surface area contributed by atoms with E-state index < -0.39 is 5.82 Å². The first-order valence-electron chi connectivity index (χ1n) is 3.74. The molecule has 0 fully saturated rings. The fraction of sp³-hybridized carbons (Fsp3) is 0.333. The molecule has 2 rings (SSSR count). The Kier molecular flexibility index (Phi) is 1.41. The molecule has 1 aromatic carbocycles. The molecule has 1 aromatic rings. The summed E-state index contributed by atoms with van der Waals surface area (Å²) in [4.78, 5) is 0. The monoisotopic (exact) mass is 154 g/mol. The zero-order valence-electron chi connectivity index (χ0n) is 6.03. The second kappa shape index (κ2) is 2.29. The third-order valence-electron chi connectivity index (χ3n) is 2.13. The normalized spacial score (nSPS) is 15.1. The van der Waals surface area contributed by atoms with Crippen LogP contribution in [0.3, 0.4) is 0 Å². The first-order chi connectivity index (χ1) is 5.27. The SMILES string of the molecule is Fc1cc(F)c2c(c1)CCC2. The van der Waals surface area contributed by atoms with Gasteiger partial charge in [0, 0.05) is 6.07 Å². The van der Waals surface area contributed by atoms with Crippen molar-refractivity contribution in [3.05, 3.63) is 34.9 Å². The van der Waals surface area contributed by atoms with E-state index in [1.807, 2.05) is 0 Å². The molecule has 0 saturated carbocycles. The van der Waals surface area contributed by atoms with Crippen LogP contribution in [0.4, 0.5) is 8.78 Å². The molecule has 0 nitrogen and oxygen atoms in total. The molecule has 0 N–H and O–H groups in total. The summed E-state index contributed by atoms with van der Waals surface area (Å²) in [5.74, 6) is -0.833. The van der Waals surface area contributed by atoms with Gasteiger partial charge in [-0.2, -0.15) is 0 Å². The Morgan fingerprint density at radius 1 is 1.09 bits per heavy atom. The first-order valence-corrected chi connectivity index (χ1v) is 3.74. The minimum absolute atomic E-state index is 0.377. The molecule has 0 unspecified atom stereocenters. The van der Waals surface area contributed by atoms with Gasteiger partial charge in [0.25, 0.3) is 0 Å². The van der Waals surface area contributed by atoms with Crippen molar-refractivity contribution in [1.82, 2.24) is 0 Å². The third kappa shape index (κ3) is 1.02. The van der Waals surface area contributed by atoms with Gasteiger partial charge in [-0.05, 0) is 36.5 Å². The van der Waals surface area contributed by atoms with E-state index >= 15 is 0 Å². The average molecular weight is 154 g/mol. The maximum atomic E-state index is 12.9. The van der Waals surface area contributed by atoms with Crippen LogP contribution >= 0.6 is 0 Å². The minimum atomic E-state index is -0.455. The van der Waals surface area contributed by atoms with E-state index in [9.17, 15) is 8.78 Å². The standard InChI is InChI=1S/C9H8F2/c10-7-4-6-2-1-3-8(6)9(11)5-7/h4-5H,1-3H2. The number of hydrogen-bond acceptors (Lipinski definition) is 0. The van der Waals surface area contributed by atoms with Gasteiger partial charge in [-0.15, -0.1) is 0 Å². The maximum absolute atomic E-state index is 12.9. The van der Waals surface area contributed by atoms with E-state index in [1.165, 1.54) is 6.07 Å². The molecule has 11 heavy (non-hydrogen) atoms. The summed E-state index contributed by atoms with van der Waals surface area (Å²) in [6.45, 7) is 0. The Morgan fingerprint density at radius 3 is 2.73 bits per heavy atom. The molecular formula is C9H8F2. The predicted molar refractivity (Wildman–Crippen MR) is 38.4 cm³/mol. The fourth-order valence-corrected chi connectivity index (χ4v) is 1.62. The summed E-state index contributed by atoms with van der Waals surface area (Å²) in [6.07, 6.45) is 2.54. The van der Waals surface area contributed by atoms with Crippen molar-refractivity contribution in [2.45, 2.75) is 19.3 Å². The summed E-state index contributed by atoms with van der Waals surface area (Å²) in [5, 5.41) is 0. The van der Waals surface area contributed by atoms with Gasteiger partial charge >= 0.3 is 0 Å². The van der Waals surface area contributed by atoms with Crippen LogP contribution in [0.2, 0.25) is 0 Å². The molecule has 1 aliphatic rings. The van der Waals surface area contributed by atoms with Crippen molar-refractivity contribution in [1.29, 1.82) is 0 Å². The number of halogens is 2. The molecule has 2 heteroatoms. The molecule has 0 spiro atoms. The largest absolute Gasteiger partial charge is 0.207 e. The maximum Gasteiger partial charge on any atom is 0.129 e. The number of benzene rings is 1. The second-order valence-corrected chi connectivity index (χ2v) is 2.88. The van der Waals surface area contributed by atoms with Gasteiger partial charge in [0.2, 0.25) is 0 Å². The molecule has 0 saturated heterocycles. The van der Waals surface area contributed by atoms with Crippen molar-refractivity contribution >= 4 is 0 Å². The number of hydrogen-bond donors (Lipinski definition) is 0. The number of aryl methyl sites for hydroxylation is 1. The summed E-state index contributed by atoms with van der Waals surface area (Å²) in [5.41, 5.74) is 1.56. The van der Waals surface area contributed by atoms with Crippen molar-refractivity contribution < 1.29 is 8.78 Å². The first kappa shape index (κ1) is 6.77. The lowest BCUT2D eigenvalue weighted by atomic mass is 10.1. The molecule has 0 heterocycles. The zero-order valence-corrected chi connectivity index (χ0v) is 6.03. The predicted octanol–water partition coefficient (Wildman–Crippen LogP) is 2.45. The van der Waals surface area contributed by atoms with Crippen LogP contribution in [0.25, 0.3) is 0 Å². The number of rotatable bonds is 0. The topological polar surface area (TPSA) is 0 Å². The summed E-state index contributed by atoms with van der Waals surface area (Å²) >= 11 is 0. The van der Waals surface area contributed by atoms with Crippen molar-refractivity contribution in [2.75, 3.05) is 0 Å². The van der Waals surface area contributed by atoms with Crippen LogP contribution in [0.5, 0.6) is 0 Å². The van der Waals surface area contributed by atoms with Gasteiger partial charge in [-0.25, -0.2) is 8.78 Å². The molecule has 0 radical (unpaired) electrons. The van der Waals surface area contributed by atoms with E-state index in [2.05, 4.69) is 0 Å². The van der Waals surface area contributed by atoms with E-state index in [0.29, 0.717) is 5.56 Å². The van der Waals surface area contributed by atoms with Gasteiger partial charge in [-0.3, -0.25) is 0 Å². The molecule has 0 amide bonds. The Hall–Kier alpha value is -0.920. The van der Waals surface area contributed by atoms with E-state index in [-0.39, 0.29) is 5.82 Å². The lowest BCUT2D eigenvalue weighted by Gasteiger charge is -1.99. The highest BCUT2D eigenvalue weighted by atomic mass is 19.1. The van der Waals surface area contributed by atoms with Gasteiger partial charge in [-0.1, -0.05) is 0 Å². The van der Waals surface area contributed by atoms with E-state index in [0.717, 1.165) is 30.9 Å². The average Bonchev–Trinajstić information content (AvgIpc) is 2.34. The van der Waals surface area contributed by atoms with Crippen LogP contribution in [0.15, 0.2) is 12.1 Å². The Morgan fingerprint density at radius 2 is 1.91 bits per heavy atom. The van der Waals surface area contributed by atoms with Crippen LogP contribution in [0.1, 0.15) is 17.5 Å². The smallest absolute Gasteiger partial charge is 0.129 e. The van der Waals surface area contributed by atoms with Crippen molar-refractivity contribution in [3.63, 3.8) is 0 Å². The van der Waals surface area contributed by atoms with Crippen LogP contribution in [0, 0.1) is 11.6 Å². The van der Waals surface area contributed by atoms with Gasteiger partial charge in [0.05, 0.1) is 0 Å². The summed E-state index contributed by atoms with van der Waals surface area (Å²) in [6, 6.07) is 2.40. The molecular weight excluding hydrogens is 146 g/mol. The third-order valence-corrected chi connectivity index (χ3v) is 2.13. The quantitative estimate of drug-likeness (QED) is 0.538. The molecule has 0 atom stereocenters. The van der Waals surface area contributed by atoms with Crippen LogP contribution in [-0.4, -0.2) is 0 Å². The lowest BCUT2D eigenvalue weighted by Crippen LogP contribution is -1.90. The van der Waals surface area contributed by atoms with E-state index in [1.54, 1.807) is 0 Å². The van der Waals surface area contributed by atoms with Crippen molar-refractivity contribution in [2.24, 2.45) is 0 Å². The fourth-order valence-electron chi connectivity index (χ4n) is 1.62. The summed E-state index contributed by atoms with van der Waals surface area (Å²) in [7, 11) is 0. The zero-order chi connectivity index (χ0) is 7.84. The Labute approximate surface area is 63.9 Å². The highest BCUT2D eigenvalue weighted by Gasteiger charge is 2.15. The van der Waals surface area contributed by atoms with Gasteiger partial charge in [0.15, 0.2) is 0 Å². The molecule has 1 aliphatic carbocycles.